The fourth-order valence-corrected chi connectivity index (χ4v) is 1.32. The van der Waals surface area contributed by atoms with Gasteiger partial charge in [-0.2, -0.15) is 0 Å². The van der Waals surface area contributed by atoms with Crippen molar-refractivity contribution in [2.45, 2.75) is 19.8 Å². The second kappa shape index (κ2) is 5.24. The van der Waals surface area contributed by atoms with Crippen molar-refractivity contribution in [3.8, 4) is 0 Å². The largest absolute Gasteiger partial charge is 0.295 e. The smallest absolute Gasteiger partial charge is 0.204 e. The number of rotatable bonds is 5. The summed E-state index contributed by atoms with van der Waals surface area (Å²) < 4.78 is 0. The maximum atomic E-state index is 11.0. The predicted octanol–water partition coefficient (Wildman–Crippen LogP) is 2.10. The van der Waals surface area contributed by atoms with Gasteiger partial charge in [-0.25, -0.2) is 0 Å². The number of nitrogens with zero attached hydrogens (tertiary/aromatic N) is 1. The van der Waals surface area contributed by atoms with Crippen LogP contribution in [-0.2, 0) is 6.42 Å². The van der Waals surface area contributed by atoms with Crippen molar-refractivity contribution in [3.63, 3.8) is 0 Å². The van der Waals surface area contributed by atoms with Crippen molar-refractivity contribution in [2.24, 2.45) is 0 Å². The Hall–Kier alpha value is -1.71. The van der Waals surface area contributed by atoms with Crippen LogP contribution in [0.1, 0.15) is 29.3 Å². The van der Waals surface area contributed by atoms with Crippen molar-refractivity contribution in [3.05, 3.63) is 45.5 Å². The molecule has 80 valence electrons. The summed E-state index contributed by atoms with van der Waals surface area (Å²) >= 11 is 0. The third-order valence-corrected chi connectivity index (χ3v) is 2.17. The van der Waals surface area contributed by atoms with Gasteiger partial charge in [0.15, 0.2) is 5.78 Å². The molecule has 0 N–H and O–H groups in total. The lowest BCUT2D eigenvalue weighted by Gasteiger charge is -2.00. The van der Waals surface area contributed by atoms with E-state index in [1.807, 2.05) is 12.1 Å². The van der Waals surface area contributed by atoms with E-state index in [4.69, 9.17) is 0 Å². The van der Waals surface area contributed by atoms with Crippen molar-refractivity contribution in [1.82, 2.24) is 0 Å². The van der Waals surface area contributed by atoms with Crippen molar-refractivity contribution in [2.75, 3.05) is 6.54 Å². The van der Waals surface area contributed by atoms with E-state index in [0.717, 1.165) is 5.56 Å². The first kappa shape index (κ1) is 11.4. The second-order valence-electron chi connectivity index (χ2n) is 3.41. The molecule has 0 fully saturated rings. The number of aryl methyl sites for hydroxylation is 1. The maximum absolute atomic E-state index is 11.0. The summed E-state index contributed by atoms with van der Waals surface area (Å²) in [4.78, 5) is 20.7. The second-order valence-corrected chi connectivity index (χ2v) is 3.41. The topological polar surface area (TPSA) is 60.2 Å². The van der Waals surface area contributed by atoms with E-state index < -0.39 is 0 Å². The van der Waals surface area contributed by atoms with Crippen LogP contribution in [0.2, 0.25) is 0 Å². The standard InChI is InChI=1S/C11H13NO3/c1-9(13)11-6-4-10(5-7-11)3-2-8-12(14)15/h4-7H,2-3,8H2,1H3. The highest BCUT2D eigenvalue weighted by molar-refractivity contribution is 5.93. The molecule has 1 aromatic rings. The average Bonchev–Trinajstić information content (AvgIpc) is 2.18. The summed E-state index contributed by atoms with van der Waals surface area (Å²) in [7, 11) is 0. The molecule has 0 aliphatic carbocycles. The SMILES string of the molecule is CC(=O)c1ccc(CCC[N+](=O)[O-])cc1. The molecule has 0 atom stereocenters. The minimum absolute atomic E-state index is 0.00550. The van der Waals surface area contributed by atoms with Crippen molar-refractivity contribution < 1.29 is 9.72 Å². The molecule has 1 rings (SSSR count). The van der Waals surface area contributed by atoms with E-state index in [0.29, 0.717) is 18.4 Å². The number of hydrogen-bond donors (Lipinski definition) is 0. The molecular weight excluding hydrogens is 194 g/mol. The Morgan fingerprint density at radius 1 is 1.33 bits per heavy atom. The molecule has 4 heteroatoms. The van der Waals surface area contributed by atoms with Gasteiger partial charge in [0, 0.05) is 16.9 Å². The maximum Gasteiger partial charge on any atom is 0.204 e. The van der Waals surface area contributed by atoms with Gasteiger partial charge in [0.1, 0.15) is 0 Å². The molecule has 0 aliphatic rings. The van der Waals surface area contributed by atoms with Crippen LogP contribution in [0.3, 0.4) is 0 Å². The Balaban J connectivity index is 2.50. The lowest BCUT2D eigenvalue weighted by atomic mass is 10.1. The summed E-state index contributed by atoms with van der Waals surface area (Å²) in [5.41, 5.74) is 1.70. The highest BCUT2D eigenvalue weighted by Crippen LogP contribution is 2.07. The zero-order valence-electron chi connectivity index (χ0n) is 8.60. The van der Waals surface area contributed by atoms with E-state index in [2.05, 4.69) is 0 Å². The van der Waals surface area contributed by atoms with Gasteiger partial charge < -0.3 is 0 Å². The zero-order valence-corrected chi connectivity index (χ0v) is 8.60. The fraction of sp³-hybridized carbons (Fsp3) is 0.364. The van der Waals surface area contributed by atoms with Gasteiger partial charge in [-0.05, 0) is 18.9 Å². The van der Waals surface area contributed by atoms with Crippen LogP contribution in [0.25, 0.3) is 0 Å². The number of nitro groups is 1. The molecule has 0 saturated carbocycles. The van der Waals surface area contributed by atoms with Crippen LogP contribution in [-0.4, -0.2) is 17.3 Å². The Kier molecular flexibility index (Phi) is 3.97. The molecule has 0 bridgehead atoms. The predicted molar refractivity (Wildman–Crippen MR) is 56.6 cm³/mol. The Bertz CT molecular complexity index is 357. The third-order valence-electron chi connectivity index (χ3n) is 2.17. The first-order valence-corrected chi connectivity index (χ1v) is 4.81. The van der Waals surface area contributed by atoms with E-state index >= 15 is 0 Å². The molecule has 1 aromatic carbocycles. The van der Waals surface area contributed by atoms with E-state index in [9.17, 15) is 14.9 Å². The number of Topliss-reactive ketones (excluding diaryl/α,β-unsaturated/α-hetero) is 1. The fourth-order valence-electron chi connectivity index (χ4n) is 1.32. The van der Waals surface area contributed by atoms with Gasteiger partial charge in [-0.3, -0.25) is 14.9 Å². The van der Waals surface area contributed by atoms with Crippen LogP contribution < -0.4 is 0 Å². The van der Waals surface area contributed by atoms with Crippen LogP contribution >= 0.6 is 0 Å². The number of hydrogen-bond acceptors (Lipinski definition) is 3. The molecule has 0 spiro atoms. The van der Waals surface area contributed by atoms with Gasteiger partial charge in [0.25, 0.3) is 0 Å². The first-order chi connectivity index (χ1) is 7.09. The quantitative estimate of drug-likeness (QED) is 0.422. The molecule has 0 amide bonds. The molecular formula is C11H13NO3. The zero-order chi connectivity index (χ0) is 11.3. The van der Waals surface area contributed by atoms with Crippen LogP contribution in [0.15, 0.2) is 24.3 Å². The number of carbonyl (C=O) groups excluding carboxylic acids is 1. The molecule has 15 heavy (non-hydrogen) atoms. The summed E-state index contributed by atoms with van der Waals surface area (Å²) in [6.07, 6.45) is 1.21. The van der Waals surface area contributed by atoms with Gasteiger partial charge in [0.05, 0.1) is 0 Å². The number of benzene rings is 1. The van der Waals surface area contributed by atoms with E-state index in [-0.39, 0.29) is 17.3 Å². The summed E-state index contributed by atoms with van der Waals surface area (Å²) in [6.45, 7) is 1.51. The molecule has 0 aromatic heterocycles. The summed E-state index contributed by atoms with van der Waals surface area (Å²) in [5.74, 6) is 0.0341. The summed E-state index contributed by atoms with van der Waals surface area (Å²) in [5, 5.41) is 10.1. The Morgan fingerprint density at radius 3 is 2.40 bits per heavy atom. The van der Waals surface area contributed by atoms with E-state index in [1.165, 1.54) is 6.92 Å². The summed E-state index contributed by atoms with van der Waals surface area (Å²) in [6, 6.07) is 7.20. The van der Waals surface area contributed by atoms with Crippen LogP contribution in [0.5, 0.6) is 0 Å². The van der Waals surface area contributed by atoms with E-state index in [1.54, 1.807) is 12.1 Å². The van der Waals surface area contributed by atoms with Crippen LogP contribution in [0, 0.1) is 10.1 Å². The average molecular weight is 207 g/mol. The molecule has 0 aliphatic heterocycles. The molecule has 0 radical (unpaired) electrons. The van der Waals surface area contributed by atoms with Gasteiger partial charge in [-0.15, -0.1) is 0 Å². The van der Waals surface area contributed by atoms with Crippen molar-refractivity contribution in [1.29, 1.82) is 0 Å². The minimum atomic E-state index is -0.316. The molecule has 0 heterocycles. The van der Waals surface area contributed by atoms with Gasteiger partial charge >= 0.3 is 0 Å². The van der Waals surface area contributed by atoms with Gasteiger partial charge in [-0.1, -0.05) is 24.3 Å². The highest BCUT2D eigenvalue weighted by Gasteiger charge is 2.01. The Morgan fingerprint density at radius 2 is 1.93 bits per heavy atom. The van der Waals surface area contributed by atoms with Crippen LogP contribution in [0.4, 0.5) is 0 Å². The number of ketones is 1. The molecule has 0 unspecified atom stereocenters. The number of carbonyl (C=O) groups is 1. The lowest BCUT2D eigenvalue weighted by Crippen LogP contribution is -2.02. The first-order valence-electron chi connectivity index (χ1n) is 4.81. The van der Waals surface area contributed by atoms with Gasteiger partial charge in [0.2, 0.25) is 6.54 Å². The molecule has 4 nitrogen and oxygen atoms in total. The highest BCUT2D eigenvalue weighted by atomic mass is 16.6. The lowest BCUT2D eigenvalue weighted by molar-refractivity contribution is -0.480. The molecule has 0 saturated heterocycles. The third kappa shape index (κ3) is 3.89. The minimum Gasteiger partial charge on any atom is -0.295 e. The normalized spacial score (nSPS) is 9.93. The van der Waals surface area contributed by atoms with Crippen molar-refractivity contribution >= 4 is 5.78 Å². The Labute approximate surface area is 88.1 Å². The monoisotopic (exact) mass is 207 g/mol.